The number of carbonyl (C=O) groups is 1. The molecule has 2 aromatic heterocycles. The molecule has 1 N–H and O–H groups in total. The van der Waals surface area contributed by atoms with Crippen LogP contribution in [0.5, 0.6) is 0 Å². The molecule has 0 aromatic carbocycles. The van der Waals surface area contributed by atoms with Crippen LogP contribution in [0.25, 0.3) is 11.1 Å². The van der Waals surface area contributed by atoms with Crippen molar-refractivity contribution in [3.63, 3.8) is 0 Å². The van der Waals surface area contributed by atoms with E-state index >= 15 is 0 Å². The molecule has 0 bridgehead atoms. The number of carboxylic acid groups (broad SMARTS) is 1. The number of carboxylic acids is 1. The monoisotopic (exact) mass is 206 g/mol. The molecule has 0 fully saturated rings. The van der Waals surface area contributed by atoms with E-state index in [1.54, 1.807) is 30.7 Å². The minimum absolute atomic E-state index is 0.260. The molecule has 2 rings (SSSR count). The van der Waals surface area contributed by atoms with Crippen LogP contribution in [-0.2, 0) is 0 Å². The van der Waals surface area contributed by atoms with Crippen molar-refractivity contribution in [2.45, 2.75) is 0 Å². The first-order valence-electron chi connectivity index (χ1n) is 3.87. The summed E-state index contributed by atoms with van der Waals surface area (Å²) >= 11 is 0.983. The Morgan fingerprint density at radius 2 is 2.07 bits per heavy atom. The highest BCUT2D eigenvalue weighted by atomic mass is 32.1. The molecule has 0 atom stereocenters. The van der Waals surface area contributed by atoms with Crippen molar-refractivity contribution in [2.24, 2.45) is 0 Å². The van der Waals surface area contributed by atoms with Crippen LogP contribution in [0.4, 0.5) is 0 Å². The van der Waals surface area contributed by atoms with Crippen molar-refractivity contribution in [2.75, 3.05) is 0 Å². The Labute approximate surface area is 84.0 Å². The number of nitrogens with zero attached hydrogens (tertiary/aromatic N) is 2. The summed E-state index contributed by atoms with van der Waals surface area (Å²) in [5.41, 5.74) is 1.47. The molecule has 0 saturated carbocycles. The molecule has 14 heavy (non-hydrogen) atoms. The zero-order valence-corrected chi connectivity index (χ0v) is 7.86. The largest absolute Gasteiger partial charge is 0.477 e. The van der Waals surface area contributed by atoms with Gasteiger partial charge in [0.05, 0.1) is 0 Å². The standard InChI is InChI=1S/C9H6N2O2S/c12-9(13)8-7(5-11-14-8)6-1-3-10-4-2-6/h1-5H,(H,12,13). The van der Waals surface area contributed by atoms with Gasteiger partial charge in [-0.25, -0.2) is 4.79 Å². The average Bonchev–Trinajstić information content (AvgIpc) is 2.67. The first-order chi connectivity index (χ1) is 6.79. The highest BCUT2D eigenvalue weighted by Crippen LogP contribution is 2.25. The van der Waals surface area contributed by atoms with Crippen LogP contribution in [-0.4, -0.2) is 20.4 Å². The molecule has 5 heteroatoms. The lowest BCUT2D eigenvalue weighted by atomic mass is 10.1. The predicted octanol–water partition coefficient (Wildman–Crippen LogP) is 1.90. The molecular formula is C9H6N2O2S. The zero-order valence-electron chi connectivity index (χ0n) is 7.04. The third-order valence-electron chi connectivity index (χ3n) is 1.76. The summed E-state index contributed by atoms with van der Waals surface area (Å²) in [4.78, 5) is 14.9. The Morgan fingerprint density at radius 3 is 2.71 bits per heavy atom. The number of hydrogen-bond acceptors (Lipinski definition) is 4. The van der Waals surface area contributed by atoms with Gasteiger partial charge in [0.15, 0.2) is 0 Å². The molecule has 0 spiro atoms. The maximum Gasteiger partial charge on any atom is 0.348 e. The van der Waals surface area contributed by atoms with E-state index in [4.69, 9.17) is 5.11 Å². The van der Waals surface area contributed by atoms with Gasteiger partial charge in [-0.1, -0.05) is 0 Å². The molecule has 4 nitrogen and oxygen atoms in total. The summed E-state index contributed by atoms with van der Waals surface area (Å²) in [6.45, 7) is 0. The van der Waals surface area contributed by atoms with E-state index in [1.165, 1.54) is 0 Å². The summed E-state index contributed by atoms with van der Waals surface area (Å²) in [6, 6.07) is 3.52. The van der Waals surface area contributed by atoms with Crippen LogP contribution in [0.3, 0.4) is 0 Å². The zero-order chi connectivity index (χ0) is 9.97. The number of aromatic carboxylic acids is 1. The van der Waals surface area contributed by atoms with Crippen molar-refractivity contribution in [3.05, 3.63) is 35.6 Å². The summed E-state index contributed by atoms with van der Waals surface area (Å²) in [6.07, 6.45) is 4.81. The first-order valence-corrected chi connectivity index (χ1v) is 4.65. The fourth-order valence-electron chi connectivity index (χ4n) is 1.13. The van der Waals surface area contributed by atoms with E-state index in [-0.39, 0.29) is 4.88 Å². The van der Waals surface area contributed by atoms with Crippen LogP contribution in [0.15, 0.2) is 30.7 Å². The first kappa shape index (κ1) is 8.83. The van der Waals surface area contributed by atoms with E-state index in [2.05, 4.69) is 9.36 Å². The van der Waals surface area contributed by atoms with Gasteiger partial charge in [0.25, 0.3) is 0 Å². The topological polar surface area (TPSA) is 63.1 Å². The molecule has 2 heterocycles. The summed E-state index contributed by atoms with van der Waals surface area (Å²) < 4.78 is 3.86. The van der Waals surface area contributed by atoms with Crippen molar-refractivity contribution in [1.29, 1.82) is 0 Å². The minimum Gasteiger partial charge on any atom is -0.477 e. The molecule has 0 aliphatic heterocycles. The predicted molar refractivity (Wildman–Crippen MR) is 52.3 cm³/mol. The lowest BCUT2D eigenvalue weighted by Crippen LogP contribution is -1.94. The average molecular weight is 206 g/mol. The van der Waals surface area contributed by atoms with Crippen molar-refractivity contribution in [1.82, 2.24) is 9.36 Å². The van der Waals surface area contributed by atoms with Gasteiger partial charge in [0, 0.05) is 24.2 Å². The highest BCUT2D eigenvalue weighted by Gasteiger charge is 2.13. The second-order valence-electron chi connectivity index (χ2n) is 2.61. The van der Waals surface area contributed by atoms with Crippen molar-refractivity contribution in [3.8, 4) is 11.1 Å². The van der Waals surface area contributed by atoms with E-state index < -0.39 is 5.97 Å². The van der Waals surface area contributed by atoms with Gasteiger partial charge in [-0.05, 0) is 29.2 Å². The highest BCUT2D eigenvalue weighted by molar-refractivity contribution is 7.08. The molecule has 0 aliphatic rings. The molecule has 0 aliphatic carbocycles. The SMILES string of the molecule is O=C(O)c1sncc1-c1ccncc1. The van der Waals surface area contributed by atoms with Gasteiger partial charge in [0.2, 0.25) is 0 Å². The number of rotatable bonds is 2. The molecule has 0 saturated heterocycles. The van der Waals surface area contributed by atoms with E-state index in [0.717, 1.165) is 17.1 Å². The fourth-order valence-corrected chi connectivity index (χ4v) is 1.74. The minimum atomic E-state index is -0.945. The van der Waals surface area contributed by atoms with Gasteiger partial charge in [-0.15, -0.1) is 0 Å². The van der Waals surface area contributed by atoms with E-state index in [1.807, 2.05) is 0 Å². The second kappa shape index (κ2) is 3.55. The third-order valence-corrected chi connectivity index (χ3v) is 2.54. The van der Waals surface area contributed by atoms with Crippen molar-refractivity contribution < 1.29 is 9.90 Å². The molecule has 0 radical (unpaired) electrons. The Kier molecular flexibility index (Phi) is 2.24. The van der Waals surface area contributed by atoms with Gasteiger partial charge >= 0.3 is 5.97 Å². The molecule has 2 aromatic rings. The van der Waals surface area contributed by atoms with Crippen LogP contribution >= 0.6 is 11.5 Å². The third kappa shape index (κ3) is 1.49. The summed E-state index contributed by atoms with van der Waals surface area (Å²) in [5.74, 6) is -0.945. The number of pyridine rings is 1. The molecule has 70 valence electrons. The van der Waals surface area contributed by atoms with Gasteiger partial charge in [0.1, 0.15) is 4.88 Å². The van der Waals surface area contributed by atoms with Crippen LogP contribution < -0.4 is 0 Å². The molecular weight excluding hydrogens is 200 g/mol. The summed E-state index contributed by atoms with van der Waals surface area (Å²) in [7, 11) is 0. The molecule has 0 unspecified atom stereocenters. The van der Waals surface area contributed by atoms with E-state index in [0.29, 0.717) is 5.56 Å². The lowest BCUT2D eigenvalue weighted by Gasteiger charge is -1.97. The van der Waals surface area contributed by atoms with Crippen LogP contribution in [0.1, 0.15) is 9.67 Å². The van der Waals surface area contributed by atoms with Gasteiger partial charge in [-0.3, -0.25) is 4.98 Å². The quantitative estimate of drug-likeness (QED) is 0.815. The van der Waals surface area contributed by atoms with Gasteiger partial charge < -0.3 is 5.11 Å². The Balaban J connectivity index is 2.52. The Morgan fingerprint density at radius 1 is 1.36 bits per heavy atom. The maximum atomic E-state index is 10.8. The smallest absolute Gasteiger partial charge is 0.348 e. The maximum absolute atomic E-state index is 10.8. The second-order valence-corrected chi connectivity index (χ2v) is 3.41. The Bertz CT molecular complexity index is 453. The normalized spacial score (nSPS) is 10.0. The summed E-state index contributed by atoms with van der Waals surface area (Å²) in [5, 5.41) is 8.87. The van der Waals surface area contributed by atoms with Crippen LogP contribution in [0.2, 0.25) is 0 Å². The fraction of sp³-hybridized carbons (Fsp3) is 0. The van der Waals surface area contributed by atoms with Crippen LogP contribution in [0, 0.1) is 0 Å². The van der Waals surface area contributed by atoms with Crippen molar-refractivity contribution >= 4 is 17.5 Å². The Hall–Kier alpha value is -1.75. The number of aromatic nitrogens is 2. The van der Waals surface area contributed by atoms with Gasteiger partial charge in [-0.2, -0.15) is 4.37 Å². The molecule has 0 amide bonds. The lowest BCUT2D eigenvalue weighted by molar-refractivity contribution is 0.0703. The number of hydrogen-bond donors (Lipinski definition) is 1. The van der Waals surface area contributed by atoms with E-state index in [9.17, 15) is 4.79 Å².